The largest absolute Gasteiger partial charge is 0.350 e. The van der Waals surface area contributed by atoms with Gasteiger partial charge in [0.15, 0.2) is 15.5 Å². The molecule has 0 saturated carbocycles. The Balaban J connectivity index is 1.59. The molecule has 112 valence electrons. The van der Waals surface area contributed by atoms with Gasteiger partial charge in [-0.25, -0.2) is 8.42 Å². The minimum atomic E-state index is -2.91. The van der Waals surface area contributed by atoms with Crippen LogP contribution in [0.4, 0.5) is 0 Å². The molecule has 1 amide bonds. The van der Waals surface area contributed by atoms with E-state index in [-0.39, 0.29) is 23.3 Å². The number of nitrogens with one attached hydrogen (secondary N) is 2. The van der Waals surface area contributed by atoms with E-state index in [1.165, 1.54) is 0 Å². The van der Waals surface area contributed by atoms with Crippen molar-refractivity contribution in [1.29, 1.82) is 0 Å². The molecule has 2 N–H and O–H groups in total. The summed E-state index contributed by atoms with van der Waals surface area (Å²) in [6.45, 7) is 0.374. The van der Waals surface area contributed by atoms with Gasteiger partial charge in [-0.2, -0.15) is 5.10 Å². The van der Waals surface area contributed by atoms with E-state index in [0.29, 0.717) is 18.7 Å². The predicted molar refractivity (Wildman–Crippen MR) is 81.0 cm³/mol. The van der Waals surface area contributed by atoms with Crippen LogP contribution in [-0.2, 0) is 9.84 Å². The first-order valence-electron chi connectivity index (χ1n) is 6.61. The Hall–Kier alpha value is -1.67. The van der Waals surface area contributed by atoms with Crippen LogP contribution < -0.4 is 5.32 Å². The first-order valence-corrected chi connectivity index (χ1v) is 9.31. The zero-order valence-corrected chi connectivity index (χ0v) is 12.8. The number of carbonyl (C=O) groups excluding carboxylic acids is 1. The van der Waals surface area contributed by atoms with Gasteiger partial charge >= 0.3 is 0 Å². The van der Waals surface area contributed by atoms with Crippen LogP contribution in [0.1, 0.15) is 16.9 Å². The molecule has 0 bridgehead atoms. The lowest BCUT2D eigenvalue weighted by Crippen LogP contribution is -2.30. The molecule has 21 heavy (non-hydrogen) atoms. The Morgan fingerprint density at radius 3 is 3.05 bits per heavy atom. The molecule has 0 radical (unpaired) electrons. The van der Waals surface area contributed by atoms with E-state index in [0.717, 1.165) is 10.6 Å². The quantitative estimate of drug-likeness (QED) is 0.886. The summed E-state index contributed by atoms with van der Waals surface area (Å²) in [4.78, 5) is 13.0. The van der Waals surface area contributed by atoms with Crippen molar-refractivity contribution < 1.29 is 13.2 Å². The second-order valence-corrected chi connectivity index (χ2v) is 8.30. The second kappa shape index (κ2) is 5.61. The number of rotatable bonds is 4. The van der Waals surface area contributed by atoms with Gasteiger partial charge in [0.2, 0.25) is 0 Å². The molecule has 1 atom stereocenters. The van der Waals surface area contributed by atoms with E-state index in [2.05, 4.69) is 15.5 Å². The SMILES string of the molecule is O=C(NC[C@H]1CCS(=O)(=O)C1)c1cc(-c2cccs2)[nH]n1. The maximum Gasteiger partial charge on any atom is 0.271 e. The molecule has 0 aromatic carbocycles. The summed E-state index contributed by atoms with van der Waals surface area (Å²) in [5.41, 5.74) is 1.12. The van der Waals surface area contributed by atoms with Crippen molar-refractivity contribution in [2.75, 3.05) is 18.1 Å². The van der Waals surface area contributed by atoms with E-state index >= 15 is 0 Å². The Kier molecular flexibility index (Phi) is 3.81. The molecular formula is C13H15N3O3S2. The topological polar surface area (TPSA) is 91.9 Å². The van der Waals surface area contributed by atoms with Crippen molar-refractivity contribution in [1.82, 2.24) is 15.5 Å². The first kappa shape index (κ1) is 14.3. The Labute approximate surface area is 126 Å². The predicted octanol–water partition coefficient (Wildman–Crippen LogP) is 1.30. The summed E-state index contributed by atoms with van der Waals surface area (Å²) < 4.78 is 22.7. The minimum absolute atomic E-state index is 0.00894. The van der Waals surface area contributed by atoms with E-state index in [9.17, 15) is 13.2 Å². The molecule has 0 unspecified atom stereocenters. The monoisotopic (exact) mass is 325 g/mol. The van der Waals surface area contributed by atoms with Crippen LogP contribution >= 0.6 is 11.3 Å². The fraction of sp³-hybridized carbons (Fsp3) is 0.385. The highest BCUT2D eigenvalue weighted by atomic mass is 32.2. The molecule has 1 saturated heterocycles. The summed E-state index contributed by atoms with van der Waals surface area (Å²) in [7, 11) is -2.91. The fourth-order valence-electron chi connectivity index (χ4n) is 2.36. The molecule has 0 aliphatic carbocycles. The molecule has 0 spiro atoms. The summed E-state index contributed by atoms with van der Waals surface area (Å²) in [5, 5.41) is 11.5. The van der Waals surface area contributed by atoms with Crippen LogP contribution in [0.2, 0.25) is 0 Å². The van der Waals surface area contributed by atoms with Crippen molar-refractivity contribution in [3.05, 3.63) is 29.3 Å². The molecule has 3 rings (SSSR count). The van der Waals surface area contributed by atoms with Crippen LogP contribution in [0, 0.1) is 5.92 Å². The number of amides is 1. The van der Waals surface area contributed by atoms with Gasteiger partial charge in [-0.05, 0) is 29.9 Å². The molecule has 3 heterocycles. The van der Waals surface area contributed by atoms with Crippen LogP contribution in [0.5, 0.6) is 0 Å². The smallest absolute Gasteiger partial charge is 0.271 e. The van der Waals surface area contributed by atoms with E-state index in [1.807, 2.05) is 17.5 Å². The van der Waals surface area contributed by atoms with Crippen LogP contribution in [0.25, 0.3) is 10.6 Å². The molecule has 2 aromatic heterocycles. The van der Waals surface area contributed by atoms with E-state index in [4.69, 9.17) is 0 Å². The number of nitrogens with zero attached hydrogens (tertiary/aromatic N) is 1. The molecule has 1 aliphatic rings. The van der Waals surface area contributed by atoms with E-state index in [1.54, 1.807) is 17.4 Å². The molecule has 2 aromatic rings. The molecule has 8 heteroatoms. The number of sulfone groups is 1. The van der Waals surface area contributed by atoms with Gasteiger partial charge in [-0.3, -0.25) is 9.89 Å². The van der Waals surface area contributed by atoms with Crippen LogP contribution in [0.3, 0.4) is 0 Å². The number of hydrogen-bond acceptors (Lipinski definition) is 5. The van der Waals surface area contributed by atoms with E-state index < -0.39 is 9.84 Å². The van der Waals surface area contributed by atoms with Crippen molar-refractivity contribution in [2.45, 2.75) is 6.42 Å². The second-order valence-electron chi connectivity index (χ2n) is 5.12. The third kappa shape index (κ3) is 3.33. The third-order valence-corrected chi connectivity index (χ3v) is 6.22. The number of thiophene rings is 1. The average Bonchev–Trinajstić information content (AvgIpc) is 3.15. The standard InChI is InChI=1S/C13H15N3O3S2/c17-13(14-7-9-3-5-21(18,19)8-9)11-6-10(15-16-11)12-2-1-4-20-12/h1-2,4,6,9H,3,5,7-8H2,(H,14,17)(H,15,16)/t9-/m1/s1. The maximum absolute atomic E-state index is 12.0. The fourth-order valence-corrected chi connectivity index (χ4v) is 4.91. The average molecular weight is 325 g/mol. The lowest BCUT2D eigenvalue weighted by Gasteiger charge is -2.07. The summed E-state index contributed by atoms with van der Waals surface area (Å²) in [5.74, 6) is 0.111. The highest BCUT2D eigenvalue weighted by Crippen LogP contribution is 2.23. The highest BCUT2D eigenvalue weighted by Gasteiger charge is 2.28. The summed E-state index contributed by atoms with van der Waals surface area (Å²) in [6, 6.07) is 5.58. The Morgan fingerprint density at radius 1 is 1.52 bits per heavy atom. The molecular weight excluding hydrogens is 310 g/mol. The van der Waals surface area contributed by atoms with Gasteiger partial charge in [-0.15, -0.1) is 11.3 Å². The van der Waals surface area contributed by atoms with Crippen molar-refractivity contribution in [3.8, 4) is 10.6 Å². The Morgan fingerprint density at radius 2 is 2.38 bits per heavy atom. The summed E-state index contributed by atoms with van der Waals surface area (Å²) >= 11 is 1.56. The maximum atomic E-state index is 12.0. The van der Waals surface area contributed by atoms with Gasteiger partial charge in [-0.1, -0.05) is 6.07 Å². The van der Waals surface area contributed by atoms with Crippen molar-refractivity contribution in [3.63, 3.8) is 0 Å². The third-order valence-electron chi connectivity index (χ3n) is 3.48. The van der Waals surface area contributed by atoms with Gasteiger partial charge in [0.05, 0.1) is 22.1 Å². The number of hydrogen-bond donors (Lipinski definition) is 2. The Bertz CT molecular complexity index is 735. The summed E-state index contributed by atoms with van der Waals surface area (Å²) in [6.07, 6.45) is 0.615. The lowest BCUT2D eigenvalue weighted by molar-refractivity contribution is 0.0943. The van der Waals surface area contributed by atoms with Gasteiger partial charge in [0, 0.05) is 6.54 Å². The number of aromatic amines is 1. The first-order chi connectivity index (χ1) is 10.0. The van der Waals surface area contributed by atoms with Crippen molar-refractivity contribution in [2.24, 2.45) is 5.92 Å². The van der Waals surface area contributed by atoms with Gasteiger partial charge < -0.3 is 5.32 Å². The minimum Gasteiger partial charge on any atom is -0.350 e. The number of H-pyrrole nitrogens is 1. The zero-order chi connectivity index (χ0) is 14.9. The molecule has 6 nitrogen and oxygen atoms in total. The van der Waals surface area contributed by atoms with Gasteiger partial charge in [0.1, 0.15) is 0 Å². The number of carbonyl (C=O) groups is 1. The zero-order valence-electron chi connectivity index (χ0n) is 11.2. The normalized spacial score (nSPS) is 20.5. The van der Waals surface area contributed by atoms with Gasteiger partial charge in [0.25, 0.3) is 5.91 Å². The highest BCUT2D eigenvalue weighted by molar-refractivity contribution is 7.91. The number of aromatic nitrogens is 2. The van der Waals surface area contributed by atoms with Crippen LogP contribution in [0.15, 0.2) is 23.6 Å². The van der Waals surface area contributed by atoms with Crippen molar-refractivity contribution >= 4 is 27.1 Å². The lowest BCUT2D eigenvalue weighted by atomic mass is 10.1. The van der Waals surface area contributed by atoms with Crippen LogP contribution in [-0.4, -0.2) is 42.6 Å². The molecule has 1 fully saturated rings. The molecule has 1 aliphatic heterocycles.